The van der Waals surface area contributed by atoms with Crippen molar-refractivity contribution in [1.29, 1.82) is 0 Å². The summed E-state index contributed by atoms with van der Waals surface area (Å²) in [5.74, 6) is 2.10. The Hall–Kier alpha value is -3.91. The van der Waals surface area contributed by atoms with Crippen molar-refractivity contribution < 1.29 is 9.53 Å². The molecule has 4 aromatic rings. The molecule has 1 spiro atoms. The van der Waals surface area contributed by atoms with Crippen LogP contribution in [0.3, 0.4) is 0 Å². The molecule has 37 heavy (non-hydrogen) atoms. The fourth-order valence-electron chi connectivity index (χ4n) is 6.24. The third kappa shape index (κ3) is 3.28. The Morgan fingerprint density at radius 3 is 2.62 bits per heavy atom. The van der Waals surface area contributed by atoms with Gasteiger partial charge in [0.1, 0.15) is 17.3 Å². The highest BCUT2D eigenvalue weighted by molar-refractivity contribution is 6.11. The standard InChI is InChI=1S/C29H30N6O2/c1-33-10-12-35(13-11-33)26-9-5-19(17-30-26)27-21-7-4-18(14-24(21)31-32-27)23-16-29(23)22-15-20(37-3)6-8-25(22)34(2)28(29)36/h4-9,14-15,17,23H,10-13,16H2,1-3H3,(H,31,32)/t23-,29?/m0/s1. The number of carbonyl (C=O) groups excluding carboxylic acids is 1. The number of benzene rings is 2. The highest BCUT2D eigenvalue weighted by Gasteiger charge is 2.66. The summed E-state index contributed by atoms with van der Waals surface area (Å²) in [7, 11) is 5.69. The Bertz CT molecular complexity index is 1520. The fraction of sp³-hybridized carbons (Fsp3) is 0.345. The summed E-state index contributed by atoms with van der Waals surface area (Å²) in [6, 6.07) is 16.6. The Kier molecular flexibility index (Phi) is 4.85. The maximum atomic E-state index is 13.4. The average molecular weight is 495 g/mol. The molecule has 1 saturated carbocycles. The van der Waals surface area contributed by atoms with E-state index < -0.39 is 5.41 Å². The summed E-state index contributed by atoms with van der Waals surface area (Å²) >= 11 is 0. The highest BCUT2D eigenvalue weighted by atomic mass is 16.5. The number of nitrogens with zero attached hydrogens (tertiary/aromatic N) is 5. The van der Waals surface area contributed by atoms with Crippen LogP contribution in [0.25, 0.3) is 22.2 Å². The van der Waals surface area contributed by atoms with Gasteiger partial charge in [-0.3, -0.25) is 9.89 Å². The van der Waals surface area contributed by atoms with E-state index in [0.717, 1.165) is 83.1 Å². The number of nitrogens with one attached hydrogen (secondary N) is 1. The van der Waals surface area contributed by atoms with Gasteiger partial charge >= 0.3 is 0 Å². The Labute approximate surface area is 215 Å². The van der Waals surface area contributed by atoms with Crippen molar-refractivity contribution in [2.75, 3.05) is 57.2 Å². The summed E-state index contributed by atoms with van der Waals surface area (Å²) in [4.78, 5) is 24.6. The summed E-state index contributed by atoms with van der Waals surface area (Å²) in [5, 5.41) is 8.92. The zero-order valence-corrected chi connectivity index (χ0v) is 21.4. The molecule has 7 rings (SSSR count). The third-order valence-corrected chi connectivity index (χ3v) is 8.53. The molecule has 8 nitrogen and oxygen atoms in total. The van der Waals surface area contributed by atoms with Crippen LogP contribution in [0, 0.1) is 0 Å². The number of pyridine rings is 1. The van der Waals surface area contributed by atoms with Crippen LogP contribution in [0.5, 0.6) is 5.75 Å². The van der Waals surface area contributed by atoms with Gasteiger partial charge < -0.3 is 19.4 Å². The number of likely N-dealkylation sites (N-methyl/N-ethyl adjacent to an activating group) is 2. The number of hydrogen-bond donors (Lipinski definition) is 1. The molecule has 2 aromatic carbocycles. The van der Waals surface area contributed by atoms with Gasteiger partial charge in [-0.2, -0.15) is 5.10 Å². The molecule has 1 saturated heterocycles. The van der Waals surface area contributed by atoms with Gasteiger partial charge in [-0.05, 0) is 61.0 Å². The van der Waals surface area contributed by atoms with E-state index in [9.17, 15) is 4.79 Å². The predicted octanol–water partition coefficient (Wildman–Crippen LogP) is 3.79. The lowest BCUT2D eigenvalue weighted by atomic mass is 9.91. The van der Waals surface area contributed by atoms with Gasteiger partial charge in [0.15, 0.2) is 0 Å². The van der Waals surface area contributed by atoms with Crippen molar-refractivity contribution in [3.8, 4) is 17.0 Å². The summed E-state index contributed by atoms with van der Waals surface area (Å²) in [5.41, 5.74) is 5.57. The van der Waals surface area contributed by atoms with Crippen LogP contribution >= 0.6 is 0 Å². The minimum absolute atomic E-state index is 0.136. The smallest absolute Gasteiger partial charge is 0.238 e. The number of hydrogen-bond acceptors (Lipinski definition) is 6. The van der Waals surface area contributed by atoms with E-state index in [0.29, 0.717) is 0 Å². The van der Waals surface area contributed by atoms with Crippen LogP contribution in [0.2, 0.25) is 0 Å². The first-order valence-corrected chi connectivity index (χ1v) is 12.8. The molecule has 2 aromatic heterocycles. The second-order valence-electron chi connectivity index (χ2n) is 10.5. The molecule has 4 heterocycles. The van der Waals surface area contributed by atoms with Crippen LogP contribution in [0.1, 0.15) is 23.5 Å². The predicted molar refractivity (Wildman–Crippen MR) is 144 cm³/mol. The van der Waals surface area contributed by atoms with Crippen molar-refractivity contribution in [2.45, 2.75) is 17.8 Å². The topological polar surface area (TPSA) is 77.6 Å². The van der Waals surface area contributed by atoms with Crippen molar-refractivity contribution in [1.82, 2.24) is 20.1 Å². The maximum Gasteiger partial charge on any atom is 0.238 e. The zero-order valence-electron chi connectivity index (χ0n) is 21.4. The molecule has 1 aliphatic carbocycles. The van der Waals surface area contributed by atoms with Gasteiger partial charge in [0.25, 0.3) is 0 Å². The molecule has 3 aliphatic rings. The molecule has 0 bridgehead atoms. The molecule has 1 amide bonds. The second-order valence-corrected chi connectivity index (χ2v) is 10.5. The van der Waals surface area contributed by atoms with Gasteiger partial charge in [0.05, 0.1) is 18.0 Å². The quantitative estimate of drug-likeness (QED) is 0.465. The van der Waals surface area contributed by atoms with E-state index in [1.165, 1.54) is 0 Å². The lowest BCUT2D eigenvalue weighted by Gasteiger charge is -2.33. The van der Waals surface area contributed by atoms with Crippen molar-refractivity contribution in [3.05, 3.63) is 65.9 Å². The summed E-state index contributed by atoms with van der Waals surface area (Å²) < 4.78 is 5.47. The number of amides is 1. The number of ether oxygens (including phenoxy) is 1. The van der Waals surface area contributed by atoms with Gasteiger partial charge in [-0.25, -0.2) is 4.98 Å². The Morgan fingerprint density at radius 2 is 1.86 bits per heavy atom. The Morgan fingerprint density at radius 1 is 1.03 bits per heavy atom. The molecule has 188 valence electrons. The molecule has 8 heteroatoms. The molecule has 2 aliphatic heterocycles. The molecule has 2 atom stereocenters. The number of fused-ring (bicyclic) bond motifs is 3. The number of aromatic nitrogens is 3. The zero-order chi connectivity index (χ0) is 25.3. The number of anilines is 2. The maximum absolute atomic E-state index is 13.4. The minimum Gasteiger partial charge on any atom is -0.497 e. The third-order valence-electron chi connectivity index (χ3n) is 8.53. The lowest BCUT2D eigenvalue weighted by molar-refractivity contribution is -0.120. The van der Waals surface area contributed by atoms with Crippen molar-refractivity contribution in [3.63, 3.8) is 0 Å². The van der Waals surface area contributed by atoms with E-state index in [-0.39, 0.29) is 11.8 Å². The van der Waals surface area contributed by atoms with E-state index in [1.807, 2.05) is 31.4 Å². The monoisotopic (exact) mass is 494 g/mol. The molecule has 0 radical (unpaired) electrons. The van der Waals surface area contributed by atoms with Gasteiger partial charge in [0.2, 0.25) is 5.91 Å². The molecular formula is C29H30N6O2. The van der Waals surface area contributed by atoms with E-state index in [1.54, 1.807) is 12.0 Å². The number of piperazine rings is 1. The Balaban J connectivity index is 1.17. The van der Waals surface area contributed by atoms with E-state index in [4.69, 9.17) is 9.72 Å². The molecule has 1 unspecified atom stereocenters. The number of aromatic amines is 1. The SMILES string of the molecule is COc1ccc2c(c1)C1(C[C@H]1c1ccc3c(-c4ccc(N5CCN(C)CC5)nc4)n[nH]c3c1)C(=O)N2C. The number of rotatable bonds is 4. The average Bonchev–Trinajstić information content (AvgIpc) is 3.50. The van der Waals surface area contributed by atoms with Crippen LogP contribution in [-0.2, 0) is 10.2 Å². The van der Waals surface area contributed by atoms with Gasteiger partial charge in [-0.15, -0.1) is 0 Å². The number of methoxy groups -OCH3 is 1. The van der Waals surface area contributed by atoms with Crippen LogP contribution in [0.15, 0.2) is 54.7 Å². The molecule has 2 fully saturated rings. The summed E-state index contributed by atoms with van der Waals surface area (Å²) in [6.45, 7) is 4.10. The van der Waals surface area contributed by atoms with Crippen molar-refractivity contribution in [2.24, 2.45) is 0 Å². The second kappa shape index (κ2) is 8.05. The van der Waals surface area contributed by atoms with E-state index >= 15 is 0 Å². The lowest BCUT2D eigenvalue weighted by Crippen LogP contribution is -2.44. The molecular weight excluding hydrogens is 464 g/mol. The van der Waals surface area contributed by atoms with E-state index in [2.05, 4.69) is 57.4 Å². The normalized spacial score (nSPS) is 23.2. The molecule has 1 N–H and O–H groups in total. The minimum atomic E-state index is -0.502. The van der Waals surface area contributed by atoms with Gasteiger partial charge in [0, 0.05) is 62.0 Å². The first-order chi connectivity index (χ1) is 18.0. The first kappa shape index (κ1) is 22.3. The largest absolute Gasteiger partial charge is 0.497 e. The first-order valence-electron chi connectivity index (χ1n) is 12.8. The van der Waals surface area contributed by atoms with Gasteiger partial charge in [-0.1, -0.05) is 12.1 Å². The summed E-state index contributed by atoms with van der Waals surface area (Å²) in [6.07, 6.45) is 2.73. The van der Waals surface area contributed by atoms with Crippen LogP contribution in [-0.4, -0.2) is 73.4 Å². The fourth-order valence-corrected chi connectivity index (χ4v) is 6.24. The number of H-pyrrole nitrogens is 1. The van der Waals surface area contributed by atoms with Crippen LogP contribution in [0.4, 0.5) is 11.5 Å². The number of carbonyl (C=O) groups is 1. The van der Waals surface area contributed by atoms with Crippen LogP contribution < -0.4 is 14.5 Å². The van der Waals surface area contributed by atoms with Crippen molar-refractivity contribution >= 4 is 28.3 Å². The highest BCUT2D eigenvalue weighted by Crippen LogP contribution is 2.66.